The first-order chi connectivity index (χ1) is 16.4. The van der Waals surface area contributed by atoms with E-state index >= 15 is 0 Å². The van der Waals surface area contributed by atoms with Gasteiger partial charge in [0.2, 0.25) is 0 Å². The lowest BCUT2D eigenvalue weighted by Crippen LogP contribution is -2.25. The second-order valence-corrected chi connectivity index (χ2v) is 10.2. The van der Waals surface area contributed by atoms with Gasteiger partial charge in [0.05, 0.1) is 11.4 Å². The fourth-order valence-electron chi connectivity index (χ4n) is 3.87. The van der Waals surface area contributed by atoms with Gasteiger partial charge in [-0.3, -0.25) is 9.23 Å². The Morgan fingerprint density at radius 3 is 2.57 bits per heavy atom. The average Bonchev–Trinajstić information content (AvgIpc) is 3.39. The smallest absolute Gasteiger partial charge is 0.440 e. The van der Waals surface area contributed by atoms with E-state index in [-0.39, 0.29) is 17.2 Å². The quantitative estimate of drug-likeness (QED) is 0.327. The third kappa shape index (κ3) is 4.66. The number of ether oxygens (including phenoxy) is 2. The molecular weight excluding hydrogens is 552 g/mol. The molecule has 2 aromatic carbocycles. The van der Waals surface area contributed by atoms with Gasteiger partial charge in [-0.05, 0) is 36.4 Å². The van der Waals surface area contributed by atoms with Crippen molar-refractivity contribution in [2.24, 2.45) is 7.05 Å². The summed E-state index contributed by atoms with van der Waals surface area (Å²) in [5.41, 5.74) is 2.76. The molecule has 0 bridgehead atoms. The van der Waals surface area contributed by atoms with Crippen LogP contribution in [-0.4, -0.2) is 34.0 Å². The summed E-state index contributed by atoms with van der Waals surface area (Å²) in [4.78, 5) is 4.46. The highest BCUT2D eigenvalue weighted by molar-refractivity contribution is 9.10. The molecule has 0 spiro atoms. The summed E-state index contributed by atoms with van der Waals surface area (Å²) in [6.07, 6.45) is -3.75. The molecule has 1 aliphatic rings. The van der Waals surface area contributed by atoms with Crippen molar-refractivity contribution in [3.8, 4) is 45.3 Å². The lowest BCUT2D eigenvalue weighted by Gasteiger charge is -2.10. The summed E-state index contributed by atoms with van der Waals surface area (Å²) in [7, 11) is -2.63. The van der Waals surface area contributed by atoms with Crippen LogP contribution < -0.4 is 9.47 Å². The molecule has 13 heteroatoms. The van der Waals surface area contributed by atoms with E-state index in [9.17, 15) is 21.8 Å². The number of hydrogen-bond donors (Lipinski definition) is 1. The van der Waals surface area contributed by atoms with E-state index in [1.54, 1.807) is 44.3 Å². The SMILES string of the molecule is Cc1nc(-c2ccc3c(c2)OC(F)(F)O3)c(-c2cc(Br)ccc2-c2cc(CS(=O)(=O)O)nn2C)o1. The van der Waals surface area contributed by atoms with Gasteiger partial charge in [0.25, 0.3) is 10.1 Å². The molecule has 182 valence electrons. The molecule has 0 unspecified atom stereocenters. The highest BCUT2D eigenvalue weighted by Crippen LogP contribution is 2.45. The monoisotopic (exact) mass is 567 g/mol. The van der Waals surface area contributed by atoms with E-state index in [1.807, 2.05) is 0 Å². The van der Waals surface area contributed by atoms with E-state index in [4.69, 9.17) is 4.42 Å². The van der Waals surface area contributed by atoms with E-state index in [0.717, 1.165) is 4.47 Å². The summed E-state index contributed by atoms with van der Waals surface area (Å²) in [5, 5.41) is 4.19. The van der Waals surface area contributed by atoms with Gasteiger partial charge in [0.15, 0.2) is 23.1 Å². The number of nitrogens with zero attached hydrogens (tertiary/aromatic N) is 3. The van der Waals surface area contributed by atoms with Crippen molar-refractivity contribution in [1.82, 2.24) is 14.8 Å². The van der Waals surface area contributed by atoms with Crippen molar-refractivity contribution in [2.75, 3.05) is 0 Å². The zero-order valence-corrected chi connectivity index (χ0v) is 20.5. The second kappa shape index (κ2) is 8.14. The van der Waals surface area contributed by atoms with E-state index in [1.165, 1.54) is 16.8 Å². The molecule has 4 aromatic rings. The van der Waals surface area contributed by atoms with E-state index in [2.05, 4.69) is 35.5 Å². The first-order valence-corrected chi connectivity index (χ1v) is 12.4. The number of halogens is 3. The third-order valence-electron chi connectivity index (χ3n) is 5.17. The van der Waals surface area contributed by atoms with Crippen LogP contribution in [0.3, 0.4) is 0 Å². The second-order valence-electron chi connectivity index (χ2n) is 7.80. The number of benzene rings is 2. The standard InChI is InChI=1S/C22H16BrF2N3O6S/c1-11-26-20(12-3-6-18-19(7-12)34-22(24,25)33-18)21(32-11)16-8-13(23)4-5-15(16)17-9-14(27-28(17)2)10-35(29,30)31/h3-9H,10H2,1-2H3,(H,29,30,31). The maximum absolute atomic E-state index is 13.5. The molecular formula is C22H16BrF2N3O6S. The highest BCUT2D eigenvalue weighted by Gasteiger charge is 2.43. The number of rotatable bonds is 5. The maximum Gasteiger partial charge on any atom is 0.586 e. The van der Waals surface area contributed by atoms with Crippen LogP contribution in [0, 0.1) is 6.92 Å². The first-order valence-electron chi connectivity index (χ1n) is 10.0. The van der Waals surface area contributed by atoms with Crippen molar-refractivity contribution in [1.29, 1.82) is 0 Å². The first kappa shape index (κ1) is 23.5. The molecule has 0 saturated heterocycles. The van der Waals surface area contributed by atoms with Crippen LogP contribution in [0.5, 0.6) is 11.5 Å². The van der Waals surface area contributed by atoms with Crippen LogP contribution in [0.1, 0.15) is 11.6 Å². The van der Waals surface area contributed by atoms with Gasteiger partial charge >= 0.3 is 6.29 Å². The van der Waals surface area contributed by atoms with Gasteiger partial charge in [0.1, 0.15) is 11.4 Å². The minimum atomic E-state index is -4.27. The fraction of sp³-hybridized carbons (Fsp3) is 0.182. The minimum Gasteiger partial charge on any atom is -0.440 e. The molecule has 5 rings (SSSR count). The molecule has 35 heavy (non-hydrogen) atoms. The molecule has 2 aromatic heterocycles. The lowest BCUT2D eigenvalue weighted by atomic mass is 9.98. The van der Waals surface area contributed by atoms with Gasteiger partial charge in [-0.25, -0.2) is 4.98 Å². The van der Waals surface area contributed by atoms with Crippen LogP contribution in [0.4, 0.5) is 8.78 Å². The largest absolute Gasteiger partial charge is 0.586 e. The van der Waals surface area contributed by atoms with Crippen molar-refractivity contribution in [3.05, 3.63) is 58.5 Å². The zero-order valence-electron chi connectivity index (χ0n) is 18.1. The van der Waals surface area contributed by atoms with Gasteiger partial charge < -0.3 is 13.9 Å². The predicted molar refractivity (Wildman–Crippen MR) is 123 cm³/mol. The van der Waals surface area contributed by atoms with Crippen LogP contribution in [0.25, 0.3) is 33.8 Å². The Balaban J connectivity index is 1.64. The molecule has 0 radical (unpaired) electrons. The average molecular weight is 568 g/mol. The van der Waals surface area contributed by atoms with Gasteiger partial charge in [-0.15, -0.1) is 8.78 Å². The predicted octanol–water partition coefficient (Wildman–Crippen LogP) is 5.19. The van der Waals surface area contributed by atoms with Crippen molar-refractivity contribution >= 4 is 26.0 Å². The Bertz CT molecular complexity index is 1580. The number of alkyl halides is 2. The molecule has 0 saturated carbocycles. The molecule has 9 nitrogen and oxygen atoms in total. The van der Waals surface area contributed by atoms with E-state index < -0.39 is 22.2 Å². The summed E-state index contributed by atoms with van der Waals surface area (Å²) < 4.78 is 76.1. The van der Waals surface area contributed by atoms with Crippen LogP contribution in [0.15, 0.2) is 51.4 Å². The Hall–Kier alpha value is -3.29. The van der Waals surface area contributed by atoms with E-state index in [0.29, 0.717) is 39.7 Å². The van der Waals surface area contributed by atoms with Crippen molar-refractivity contribution in [3.63, 3.8) is 0 Å². The summed E-state index contributed by atoms with van der Waals surface area (Å²) in [6, 6.07) is 11.2. The number of oxazole rings is 1. The maximum atomic E-state index is 13.5. The van der Waals surface area contributed by atoms with Crippen molar-refractivity contribution in [2.45, 2.75) is 19.0 Å². The fourth-order valence-corrected chi connectivity index (χ4v) is 4.74. The molecule has 0 atom stereocenters. The molecule has 1 N–H and O–H groups in total. The minimum absolute atomic E-state index is 0.0927. The van der Waals surface area contributed by atoms with Crippen LogP contribution >= 0.6 is 15.9 Å². The number of hydrogen-bond acceptors (Lipinski definition) is 7. The van der Waals surface area contributed by atoms with Crippen LogP contribution in [0.2, 0.25) is 0 Å². The third-order valence-corrected chi connectivity index (χ3v) is 6.33. The molecule has 1 aliphatic heterocycles. The van der Waals surface area contributed by atoms with Gasteiger partial charge in [-0.2, -0.15) is 13.5 Å². The van der Waals surface area contributed by atoms with Gasteiger partial charge in [0, 0.05) is 35.1 Å². The summed E-state index contributed by atoms with van der Waals surface area (Å²) in [6.45, 7) is 1.65. The van der Waals surface area contributed by atoms with Crippen LogP contribution in [-0.2, 0) is 22.9 Å². The highest BCUT2D eigenvalue weighted by atomic mass is 79.9. The summed E-state index contributed by atoms with van der Waals surface area (Å²) >= 11 is 3.45. The molecule has 3 heterocycles. The van der Waals surface area contributed by atoms with Gasteiger partial charge in [-0.1, -0.05) is 22.0 Å². The Morgan fingerprint density at radius 2 is 1.83 bits per heavy atom. The molecule has 0 amide bonds. The Kier molecular flexibility index (Phi) is 5.45. The number of aryl methyl sites for hydroxylation is 2. The molecule has 0 fully saturated rings. The lowest BCUT2D eigenvalue weighted by molar-refractivity contribution is -0.286. The molecule has 0 aliphatic carbocycles. The number of aromatic nitrogens is 3. The van der Waals surface area contributed by atoms with Crippen molar-refractivity contribution < 1.29 is 35.6 Å². The zero-order chi connectivity index (χ0) is 25.1. The normalized spacial score (nSPS) is 14.5. The Morgan fingerprint density at radius 1 is 1.09 bits per heavy atom. The number of fused-ring (bicyclic) bond motifs is 1. The summed E-state index contributed by atoms with van der Waals surface area (Å²) in [5.74, 6) is -0.177. The Labute approximate surface area is 206 Å². The topological polar surface area (TPSA) is 117 Å².